The Kier molecular flexibility index (Phi) is 1.58. The van der Waals surface area contributed by atoms with E-state index in [0.29, 0.717) is 6.42 Å². The van der Waals surface area contributed by atoms with Gasteiger partial charge in [0.25, 0.3) is 0 Å². The molecule has 1 N–H and O–H groups in total. The molecule has 3 rings (SSSR count). The first-order valence-corrected chi connectivity index (χ1v) is 3.82. The quantitative estimate of drug-likeness (QED) is 0.567. The first-order valence-electron chi connectivity index (χ1n) is 3.82. The van der Waals surface area contributed by atoms with Gasteiger partial charge in [-0.1, -0.05) is 0 Å². The number of carboxylic acids is 1. The van der Waals surface area contributed by atoms with Crippen LogP contribution in [0.25, 0.3) is 0 Å². The third-order valence-corrected chi connectivity index (χ3v) is 2.37. The predicted molar refractivity (Wildman–Crippen MR) is 34.7 cm³/mol. The number of carboxylic acid groups (broad SMARTS) is 1. The lowest BCUT2D eigenvalue weighted by atomic mass is 9.84. The Morgan fingerprint density at radius 2 is 2.18 bits per heavy atom. The van der Waals surface area contributed by atoms with Crippen molar-refractivity contribution in [1.29, 1.82) is 0 Å². The van der Waals surface area contributed by atoms with Gasteiger partial charge in [0.1, 0.15) is 6.10 Å². The van der Waals surface area contributed by atoms with E-state index in [9.17, 15) is 4.79 Å². The van der Waals surface area contributed by atoms with Crippen LogP contribution in [0.4, 0.5) is 0 Å². The highest BCUT2D eigenvalue weighted by atomic mass is 17.2. The van der Waals surface area contributed by atoms with E-state index in [0.717, 1.165) is 12.8 Å². The summed E-state index contributed by atoms with van der Waals surface area (Å²) in [5.74, 6) is -1.11. The Hall–Kier alpha value is -0.610. The zero-order chi connectivity index (χ0) is 7.84. The highest BCUT2D eigenvalue weighted by Crippen LogP contribution is 2.34. The Labute approximate surface area is 64.0 Å². The Morgan fingerprint density at radius 1 is 1.36 bits per heavy atom. The van der Waals surface area contributed by atoms with Gasteiger partial charge in [-0.2, -0.15) is 0 Å². The zero-order valence-electron chi connectivity index (χ0n) is 6.03. The van der Waals surface area contributed by atoms with Crippen LogP contribution >= 0.6 is 0 Å². The Bertz CT molecular complexity index is 171. The number of rotatable bonds is 1. The molecule has 3 unspecified atom stereocenters. The van der Waals surface area contributed by atoms with Gasteiger partial charge in [0.15, 0.2) is 0 Å². The van der Waals surface area contributed by atoms with Gasteiger partial charge >= 0.3 is 5.97 Å². The van der Waals surface area contributed by atoms with Crippen molar-refractivity contribution < 1.29 is 19.7 Å². The van der Waals surface area contributed by atoms with Crippen molar-refractivity contribution in [2.75, 3.05) is 0 Å². The molecule has 4 nitrogen and oxygen atoms in total. The van der Waals surface area contributed by atoms with Gasteiger partial charge in [-0.3, -0.25) is 4.79 Å². The molecule has 0 radical (unpaired) electrons. The molecular weight excluding hydrogens is 148 g/mol. The maximum Gasteiger partial charge on any atom is 0.309 e. The van der Waals surface area contributed by atoms with Crippen LogP contribution in [0.5, 0.6) is 0 Å². The Morgan fingerprint density at radius 3 is 2.45 bits per heavy atom. The van der Waals surface area contributed by atoms with E-state index in [2.05, 4.69) is 0 Å². The van der Waals surface area contributed by atoms with Crippen molar-refractivity contribution in [3.05, 3.63) is 0 Å². The third kappa shape index (κ3) is 1.12. The minimum absolute atomic E-state index is 0.0149. The minimum Gasteiger partial charge on any atom is -0.481 e. The zero-order valence-corrected chi connectivity index (χ0v) is 6.03. The van der Waals surface area contributed by atoms with Crippen LogP contribution in [0.3, 0.4) is 0 Å². The van der Waals surface area contributed by atoms with Crippen molar-refractivity contribution in [1.82, 2.24) is 0 Å². The van der Waals surface area contributed by atoms with E-state index in [-0.39, 0.29) is 18.1 Å². The second-order valence-corrected chi connectivity index (χ2v) is 3.11. The molecule has 4 heteroatoms. The SMILES string of the molecule is O=C(O)C1CC2CCC1OO2. The molecule has 0 amide bonds. The van der Waals surface area contributed by atoms with Gasteiger partial charge in [-0.25, -0.2) is 9.78 Å². The summed E-state index contributed by atoms with van der Waals surface area (Å²) in [7, 11) is 0. The van der Waals surface area contributed by atoms with Crippen molar-refractivity contribution in [2.24, 2.45) is 5.92 Å². The fourth-order valence-electron chi connectivity index (χ4n) is 1.72. The summed E-state index contributed by atoms with van der Waals surface area (Å²) in [5.41, 5.74) is 0. The molecule has 0 spiro atoms. The molecule has 11 heavy (non-hydrogen) atoms. The average molecular weight is 158 g/mol. The largest absolute Gasteiger partial charge is 0.481 e. The summed E-state index contributed by atoms with van der Waals surface area (Å²) in [4.78, 5) is 20.4. The molecule has 3 atom stereocenters. The number of carbonyl (C=O) groups is 1. The number of aliphatic carboxylic acids is 1. The minimum atomic E-state index is -0.761. The Balaban J connectivity index is 2.08. The highest BCUT2D eigenvalue weighted by molar-refractivity contribution is 5.71. The van der Waals surface area contributed by atoms with E-state index in [1.807, 2.05) is 0 Å². The molecule has 0 aromatic heterocycles. The maximum atomic E-state index is 10.6. The monoisotopic (exact) mass is 158 g/mol. The predicted octanol–water partition coefficient (Wildman–Crippen LogP) is 0.570. The van der Waals surface area contributed by atoms with Gasteiger partial charge in [-0.05, 0) is 19.3 Å². The van der Waals surface area contributed by atoms with Crippen LogP contribution in [-0.4, -0.2) is 23.3 Å². The van der Waals surface area contributed by atoms with Gasteiger partial charge in [-0.15, -0.1) is 0 Å². The van der Waals surface area contributed by atoms with Gasteiger partial charge in [0, 0.05) is 0 Å². The van der Waals surface area contributed by atoms with E-state index >= 15 is 0 Å². The third-order valence-electron chi connectivity index (χ3n) is 2.37. The molecule has 2 saturated heterocycles. The smallest absolute Gasteiger partial charge is 0.309 e. The molecule has 2 bridgehead atoms. The lowest BCUT2D eigenvalue weighted by molar-refractivity contribution is -0.406. The number of hydrogen-bond donors (Lipinski definition) is 1. The van der Waals surface area contributed by atoms with Crippen molar-refractivity contribution in [3.8, 4) is 0 Å². The van der Waals surface area contributed by atoms with Crippen LogP contribution in [-0.2, 0) is 14.6 Å². The van der Waals surface area contributed by atoms with E-state index in [1.165, 1.54) is 0 Å². The van der Waals surface area contributed by atoms with Gasteiger partial charge in [0.05, 0.1) is 12.0 Å². The van der Waals surface area contributed by atoms with Crippen LogP contribution in [0.1, 0.15) is 19.3 Å². The van der Waals surface area contributed by atoms with Crippen molar-refractivity contribution >= 4 is 5.97 Å². The molecule has 1 aliphatic carbocycles. The summed E-state index contributed by atoms with van der Waals surface area (Å²) in [6.45, 7) is 0. The lowest BCUT2D eigenvalue weighted by Gasteiger charge is -2.38. The second-order valence-electron chi connectivity index (χ2n) is 3.11. The molecule has 2 heterocycles. The molecule has 62 valence electrons. The fourth-order valence-corrected chi connectivity index (χ4v) is 1.72. The molecule has 0 aromatic rings. The summed E-state index contributed by atoms with van der Waals surface area (Å²) in [6, 6.07) is 0. The molecule has 2 aliphatic heterocycles. The molecule has 1 saturated carbocycles. The maximum absolute atomic E-state index is 10.6. The molecular formula is C7H10O4. The van der Waals surface area contributed by atoms with Crippen molar-refractivity contribution in [2.45, 2.75) is 31.5 Å². The average Bonchev–Trinajstić information content (AvgIpc) is 2.06. The van der Waals surface area contributed by atoms with Crippen LogP contribution in [0.15, 0.2) is 0 Å². The van der Waals surface area contributed by atoms with Gasteiger partial charge in [0.2, 0.25) is 0 Å². The first-order chi connectivity index (χ1) is 5.27. The topological polar surface area (TPSA) is 55.8 Å². The lowest BCUT2D eigenvalue weighted by Crippen LogP contribution is -2.45. The summed E-state index contributed by atoms with van der Waals surface area (Å²) >= 11 is 0. The van der Waals surface area contributed by atoms with Gasteiger partial charge < -0.3 is 5.11 Å². The number of fused-ring (bicyclic) bond motifs is 3. The van der Waals surface area contributed by atoms with E-state index in [1.54, 1.807) is 0 Å². The van der Waals surface area contributed by atoms with E-state index < -0.39 is 5.97 Å². The first kappa shape index (κ1) is 7.06. The van der Waals surface area contributed by atoms with Crippen LogP contribution in [0.2, 0.25) is 0 Å². The molecule has 3 fully saturated rings. The second kappa shape index (κ2) is 2.46. The highest BCUT2D eigenvalue weighted by Gasteiger charge is 2.42. The fraction of sp³-hybridized carbons (Fsp3) is 0.857. The molecule has 3 aliphatic rings. The standard InChI is InChI=1S/C7H10O4/c8-7(9)5-3-4-1-2-6(5)11-10-4/h4-6H,1-3H2,(H,8,9). The summed E-state index contributed by atoms with van der Waals surface area (Å²) in [6.07, 6.45) is 2.18. The summed E-state index contributed by atoms with van der Waals surface area (Å²) in [5, 5.41) is 8.72. The summed E-state index contributed by atoms with van der Waals surface area (Å²) < 4.78 is 0. The van der Waals surface area contributed by atoms with E-state index in [4.69, 9.17) is 14.9 Å². The molecule has 0 aromatic carbocycles. The van der Waals surface area contributed by atoms with Crippen LogP contribution in [0, 0.1) is 5.92 Å². The number of hydrogen-bond acceptors (Lipinski definition) is 3. The van der Waals surface area contributed by atoms with Crippen LogP contribution < -0.4 is 0 Å². The van der Waals surface area contributed by atoms with Crippen molar-refractivity contribution in [3.63, 3.8) is 0 Å². The normalized spacial score (nSPS) is 42.4.